The number of nitrogens with zero attached hydrogens (tertiary/aromatic N) is 1. The van der Waals surface area contributed by atoms with Gasteiger partial charge in [0.1, 0.15) is 25.0 Å². The first-order chi connectivity index (χ1) is 12.0. The van der Waals surface area contributed by atoms with Crippen molar-refractivity contribution in [1.82, 2.24) is 0 Å². The first-order valence-corrected chi connectivity index (χ1v) is 8.81. The lowest BCUT2D eigenvalue weighted by molar-refractivity contribution is -0.894. The highest BCUT2D eigenvalue weighted by molar-refractivity contribution is 9.10. The zero-order valence-electron chi connectivity index (χ0n) is 14.3. The minimum absolute atomic E-state index is 0.121. The van der Waals surface area contributed by atoms with E-state index in [0.717, 1.165) is 15.1 Å². The largest absolute Gasteiger partial charge is 0.488 e. The van der Waals surface area contributed by atoms with Gasteiger partial charge in [0.25, 0.3) is 5.91 Å². The standard InChI is InChI=1S/C19H20BrN3O2/c1-14(19(24)22-18-6-4-3-5-15(18)13-21)23(2)11-12-25-17-9-7-16(20)8-10-17/h3-10,14H,11-12H2,1-2H3,(H,22,24)/p+1/t14-/m0/s1. The molecule has 0 radical (unpaired) electrons. The number of nitrogens with one attached hydrogen (secondary N) is 2. The molecule has 2 N–H and O–H groups in total. The Bertz CT molecular complexity index is 756. The average molecular weight is 403 g/mol. The molecule has 0 aromatic heterocycles. The van der Waals surface area contributed by atoms with Gasteiger partial charge in [-0.25, -0.2) is 0 Å². The van der Waals surface area contributed by atoms with Crippen molar-refractivity contribution in [2.45, 2.75) is 13.0 Å². The summed E-state index contributed by atoms with van der Waals surface area (Å²) in [6, 6.07) is 16.4. The van der Waals surface area contributed by atoms with E-state index < -0.39 is 0 Å². The van der Waals surface area contributed by atoms with Crippen LogP contribution in [0.1, 0.15) is 12.5 Å². The van der Waals surface area contributed by atoms with Gasteiger partial charge in [0.05, 0.1) is 18.3 Å². The van der Waals surface area contributed by atoms with Crippen LogP contribution in [0, 0.1) is 11.3 Å². The van der Waals surface area contributed by atoms with E-state index in [4.69, 9.17) is 10.00 Å². The van der Waals surface area contributed by atoms with Crippen LogP contribution in [0.25, 0.3) is 0 Å². The van der Waals surface area contributed by atoms with Crippen molar-refractivity contribution in [3.05, 3.63) is 58.6 Å². The van der Waals surface area contributed by atoms with Crippen molar-refractivity contribution in [2.24, 2.45) is 0 Å². The van der Waals surface area contributed by atoms with Crippen molar-refractivity contribution >= 4 is 27.5 Å². The zero-order valence-corrected chi connectivity index (χ0v) is 15.8. The fraction of sp³-hybridized carbons (Fsp3) is 0.263. The SMILES string of the molecule is C[C@@H](C(=O)Nc1ccccc1C#N)[NH+](C)CCOc1ccc(Br)cc1. The zero-order chi connectivity index (χ0) is 18.2. The lowest BCUT2D eigenvalue weighted by Gasteiger charge is -2.21. The van der Waals surface area contributed by atoms with Gasteiger partial charge in [0.2, 0.25) is 0 Å². The van der Waals surface area contributed by atoms with Crippen LogP contribution in [0.2, 0.25) is 0 Å². The minimum Gasteiger partial charge on any atom is -0.488 e. The summed E-state index contributed by atoms with van der Waals surface area (Å²) in [6.07, 6.45) is 0. The Morgan fingerprint density at radius 3 is 2.64 bits per heavy atom. The number of ether oxygens (including phenoxy) is 1. The maximum Gasteiger partial charge on any atom is 0.282 e. The lowest BCUT2D eigenvalue weighted by Crippen LogP contribution is -3.14. The lowest BCUT2D eigenvalue weighted by atomic mass is 10.2. The van der Waals surface area contributed by atoms with Crippen molar-refractivity contribution in [3.63, 3.8) is 0 Å². The molecule has 25 heavy (non-hydrogen) atoms. The highest BCUT2D eigenvalue weighted by atomic mass is 79.9. The average Bonchev–Trinajstić information content (AvgIpc) is 2.63. The summed E-state index contributed by atoms with van der Waals surface area (Å²) >= 11 is 3.38. The highest BCUT2D eigenvalue weighted by Gasteiger charge is 2.22. The molecular formula is C19H21BrN3O2+. The Morgan fingerprint density at radius 1 is 1.28 bits per heavy atom. The first-order valence-electron chi connectivity index (χ1n) is 8.02. The fourth-order valence-corrected chi connectivity index (χ4v) is 2.50. The summed E-state index contributed by atoms with van der Waals surface area (Å²) in [5, 5.41) is 11.9. The number of likely N-dealkylation sites (N-methyl/N-ethyl adjacent to an activating group) is 1. The van der Waals surface area contributed by atoms with Crippen LogP contribution >= 0.6 is 15.9 Å². The molecule has 2 atom stereocenters. The molecule has 0 fully saturated rings. The summed E-state index contributed by atoms with van der Waals surface area (Å²) in [4.78, 5) is 13.4. The number of halogens is 1. The molecule has 1 amide bonds. The molecule has 0 aliphatic rings. The van der Waals surface area contributed by atoms with Crippen LogP contribution in [-0.2, 0) is 4.79 Å². The van der Waals surface area contributed by atoms with Crippen LogP contribution in [-0.4, -0.2) is 32.1 Å². The van der Waals surface area contributed by atoms with Gasteiger partial charge in [-0.1, -0.05) is 28.1 Å². The number of para-hydroxylation sites is 1. The van der Waals surface area contributed by atoms with Crippen molar-refractivity contribution in [2.75, 3.05) is 25.5 Å². The van der Waals surface area contributed by atoms with Gasteiger partial charge in [-0.05, 0) is 43.3 Å². The van der Waals surface area contributed by atoms with Crippen LogP contribution in [0.3, 0.4) is 0 Å². The second-order valence-corrected chi connectivity index (χ2v) is 6.68. The third-order valence-corrected chi connectivity index (χ3v) is 4.55. The van der Waals surface area contributed by atoms with E-state index in [1.165, 1.54) is 0 Å². The minimum atomic E-state index is -0.264. The molecule has 2 aromatic rings. The van der Waals surface area contributed by atoms with E-state index >= 15 is 0 Å². The molecule has 0 spiro atoms. The van der Waals surface area contributed by atoms with E-state index in [9.17, 15) is 4.79 Å². The molecule has 5 nitrogen and oxygen atoms in total. The van der Waals surface area contributed by atoms with Crippen molar-refractivity contribution < 1.29 is 14.4 Å². The Labute approximate surface area is 156 Å². The first kappa shape index (κ1) is 19.0. The van der Waals surface area contributed by atoms with Gasteiger partial charge < -0.3 is 15.0 Å². The molecule has 0 aliphatic heterocycles. The van der Waals surface area contributed by atoms with Crippen LogP contribution in [0.5, 0.6) is 5.75 Å². The molecule has 1 unspecified atom stereocenters. The number of quaternary nitrogens is 1. The van der Waals surface area contributed by atoms with Crippen LogP contribution in [0.4, 0.5) is 5.69 Å². The van der Waals surface area contributed by atoms with Crippen LogP contribution in [0.15, 0.2) is 53.0 Å². The van der Waals surface area contributed by atoms with Crippen molar-refractivity contribution in [1.29, 1.82) is 5.26 Å². The van der Waals surface area contributed by atoms with E-state index in [0.29, 0.717) is 24.4 Å². The van der Waals surface area contributed by atoms with E-state index in [2.05, 4.69) is 27.3 Å². The molecule has 0 aliphatic carbocycles. The topological polar surface area (TPSA) is 66.6 Å². The van der Waals surface area contributed by atoms with Crippen molar-refractivity contribution in [3.8, 4) is 11.8 Å². The molecule has 0 heterocycles. The Hall–Kier alpha value is -2.36. The van der Waals surface area contributed by atoms with Gasteiger partial charge in [0.15, 0.2) is 6.04 Å². The Balaban J connectivity index is 1.84. The third-order valence-electron chi connectivity index (χ3n) is 4.02. The number of carbonyl (C=O) groups excluding carboxylic acids is 1. The molecule has 2 aromatic carbocycles. The Kier molecular flexibility index (Phi) is 6.99. The molecule has 0 saturated carbocycles. The monoisotopic (exact) mass is 402 g/mol. The number of benzene rings is 2. The molecule has 130 valence electrons. The molecular weight excluding hydrogens is 382 g/mol. The highest BCUT2D eigenvalue weighted by Crippen LogP contribution is 2.16. The number of anilines is 1. The maximum atomic E-state index is 12.4. The van der Waals surface area contributed by atoms with E-state index in [1.54, 1.807) is 24.3 Å². The smallest absolute Gasteiger partial charge is 0.282 e. The normalized spacial score (nSPS) is 12.7. The van der Waals surface area contributed by atoms with Gasteiger partial charge in [-0.15, -0.1) is 0 Å². The maximum absolute atomic E-state index is 12.4. The molecule has 2 rings (SSSR count). The summed E-state index contributed by atoms with van der Waals surface area (Å²) in [7, 11) is 1.95. The quantitative estimate of drug-likeness (QED) is 0.746. The number of carbonyl (C=O) groups is 1. The predicted molar refractivity (Wildman–Crippen MR) is 101 cm³/mol. The number of hydrogen-bond acceptors (Lipinski definition) is 3. The molecule has 0 bridgehead atoms. The molecule has 6 heteroatoms. The predicted octanol–water partition coefficient (Wildman–Crippen LogP) is 2.24. The molecule has 0 saturated heterocycles. The second kappa shape index (κ2) is 9.21. The van der Waals surface area contributed by atoms with Gasteiger partial charge >= 0.3 is 0 Å². The number of nitriles is 1. The van der Waals surface area contributed by atoms with Gasteiger partial charge in [-0.3, -0.25) is 4.79 Å². The Morgan fingerprint density at radius 2 is 1.96 bits per heavy atom. The van der Waals surface area contributed by atoms with Gasteiger partial charge in [0, 0.05) is 4.47 Å². The summed E-state index contributed by atoms with van der Waals surface area (Å²) < 4.78 is 6.71. The second-order valence-electron chi connectivity index (χ2n) is 5.77. The number of amides is 1. The number of rotatable bonds is 7. The van der Waals surface area contributed by atoms with Gasteiger partial charge in [-0.2, -0.15) is 5.26 Å². The van der Waals surface area contributed by atoms with E-state index in [1.807, 2.05) is 38.2 Å². The summed E-state index contributed by atoms with van der Waals surface area (Å²) in [6.45, 7) is 3.06. The summed E-state index contributed by atoms with van der Waals surface area (Å²) in [5.41, 5.74) is 1.00. The fourth-order valence-electron chi connectivity index (χ4n) is 2.23. The van der Waals surface area contributed by atoms with Crippen LogP contribution < -0.4 is 15.0 Å². The van der Waals surface area contributed by atoms with E-state index in [-0.39, 0.29) is 11.9 Å². The summed E-state index contributed by atoms with van der Waals surface area (Å²) in [5.74, 6) is 0.680. The number of hydrogen-bond donors (Lipinski definition) is 2. The third kappa shape index (κ3) is 5.59.